The van der Waals surface area contributed by atoms with E-state index >= 15 is 0 Å². The Bertz CT molecular complexity index is 863. The Balaban J connectivity index is 1.56. The summed E-state index contributed by atoms with van der Waals surface area (Å²) in [4.78, 5) is 16.4. The number of pyridine rings is 1. The van der Waals surface area contributed by atoms with Crippen LogP contribution in [0, 0.1) is 6.92 Å². The van der Waals surface area contributed by atoms with Gasteiger partial charge in [-0.3, -0.25) is 4.79 Å². The predicted molar refractivity (Wildman–Crippen MR) is 97.3 cm³/mol. The summed E-state index contributed by atoms with van der Waals surface area (Å²) in [6, 6.07) is 11.2. The van der Waals surface area contributed by atoms with E-state index in [1.54, 1.807) is 12.1 Å². The lowest BCUT2D eigenvalue weighted by molar-refractivity contribution is 0.0941. The van der Waals surface area contributed by atoms with Crippen LogP contribution in [0.2, 0.25) is 0 Å². The van der Waals surface area contributed by atoms with Crippen molar-refractivity contribution in [1.82, 2.24) is 10.3 Å². The van der Waals surface area contributed by atoms with Crippen LogP contribution < -0.4 is 10.6 Å². The summed E-state index contributed by atoms with van der Waals surface area (Å²) in [6.07, 6.45) is 1.97. The van der Waals surface area contributed by atoms with Crippen LogP contribution in [-0.2, 0) is 16.4 Å². The van der Waals surface area contributed by atoms with Gasteiger partial charge < -0.3 is 10.6 Å². The largest absolute Gasteiger partial charge is 0.366 e. The van der Waals surface area contributed by atoms with Gasteiger partial charge >= 0.3 is 0 Å². The highest BCUT2D eigenvalue weighted by atomic mass is 32.2. The average Bonchev–Trinajstić information content (AvgIpc) is 2.93. The lowest BCUT2D eigenvalue weighted by Gasteiger charge is -2.11. The topological polar surface area (TPSA) is 88.2 Å². The number of amides is 1. The number of hydrogen-bond donors (Lipinski definition) is 2. The van der Waals surface area contributed by atoms with E-state index in [0.29, 0.717) is 24.3 Å². The van der Waals surface area contributed by atoms with Crippen LogP contribution in [0.1, 0.15) is 27.9 Å². The first-order chi connectivity index (χ1) is 11.9. The maximum atomic E-state index is 12.2. The van der Waals surface area contributed by atoms with Crippen LogP contribution in [0.3, 0.4) is 0 Å². The quantitative estimate of drug-likeness (QED) is 0.851. The first-order valence-electron chi connectivity index (χ1n) is 8.19. The molecule has 7 heteroatoms. The van der Waals surface area contributed by atoms with Gasteiger partial charge in [-0.05, 0) is 36.6 Å². The molecule has 6 nitrogen and oxygen atoms in total. The van der Waals surface area contributed by atoms with E-state index in [9.17, 15) is 13.2 Å². The van der Waals surface area contributed by atoms with Crippen molar-refractivity contribution in [3.8, 4) is 0 Å². The molecular weight excluding hydrogens is 338 g/mol. The molecule has 1 unspecified atom stereocenters. The molecule has 0 bridgehead atoms. The van der Waals surface area contributed by atoms with Crippen molar-refractivity contribution in [1.29, 1.82) is 0 Å². The molecular formula is C18H21N3O3S. The predicted octanol–water partition coefficient (Wildman–Crippen LogP) is 1.92. The zero-order valence-corrected chi connectivity index (χ0v) is 14.8. The van der Waals surface area contributed by atoms with Gasteiger partial charge in [-0.15, -0.1) is 0 Å². The Kier molecular flexibility index (Phi) is 5.03. The van der Waals surface area contributed by atoms with E-state index in [-0.39, 0.29) is 23.5 Å². The van der Waals surface area contributed by atoms with Gasteiger partial charge in [0.05, 0.1) is 17.1 Å². The number of aromatic nitrogens is 1. The Morgan fingerprint density at radius 2 is 2.04 bits per heavy atom. The Morgan fingerprint density at radius 1 is 1.24 bits per heavy atom. The van der Waals surface area contributed by atoms with Crippen LogP contribution in [-0.4, -0.2) is 36.9 Å². The summed E-state index contributed by atoms with van der Waals surface area (Å²) in [7, 11) is -3.01. The molecule has 3 rings (SSSR count). The number of benzene rings is 1. The first-order valence-corrected chi connectivity index (χ1v) is 10.0. The van der Waals surface area contributed by atoms with E-state index in [4.69, 9.17) is 0 Å². The van der Waals surface area contributed by atoms with Gasteiger partial charge in [-0.25, -0.2) is 13.4 Å². The van der Waals surface area contributed by atoms with Crippen LogP contribution in [0.25, 0.3) is 0 Å². The number of rotatable bonds is 5. The van der Waals surface area contributed by atoms with Gasteiger partial charge in [0.1, 0.15) is 5.82 Å². The number of sulfone groups is 1. The molecule has 1 fully saturated rings. The highest BCUT2D eigenvalue weighted by Gasteiger charge is 2.29. The zero-order chi connectivity index (χ0) is 17.9. The van der Waals surface area contributed by atoms with Crippen molar-refractivity contribution in [3.05, 3.63) is 59.3 Å². The van der Waals surface area contributed by atoms with E-state index < -0.39 is 9.84 Å². The molecule has 132 valence electrons. The summed E-state index contributed by atoms with van der Waals surface area (Å²) in [5, 5.41) is 5.99. The molecule has 1 saturated heterocycles. The van der Waals surface area contributed by atoms with Crippen molar-refractivity contribution in [2.75, 3.05) is 16.8 Å². The van der Waals surface area contributed by atoms with Crippen LogP contribution in [0.5, 0.6) is 0 Å². The van der Waals surface area contributed by atoms with Gasteiger partial charge in [0.2, 0.25) is 0 Å². The molecule has 1 atom stereocenters. The molecule has 2 N–H and O–H groups in total. The summed E-state index contributed by atoms with van der Waals surface area (Å²) in [5.41, 5.74) is 2.82. The summed E-state index contributed by atoms with van der Waals surface area (Å²) < 4.78 is 22.9. The summed E-state index contributed by atoms with van der Waals surface area (Å²) >= 11 is 0. The van der Waals surface area contributed by atoms with Crippen LogP contribution in [0.4, 0.5) is 5.82 Å². The third-order valence-corrected chi connectivity index (χ3v) is 6.08. The molecule has 1 aromatic heterocycles. The first kappa shape index (κ1) is 17.4. The van der Waals surface area contributed by atoms with Crippen molar-refractivity contribution < 1.29 is 13.2 Å². The molecule has 25 heavy (non-hydrogen) atoms. The fourth-order valence-electron chi connectivity index (χ4n) is 2.80. The smallest absolute Gasteiger partial charge is 0.253 e. The lowest BCUT2D eigenvalue weighted by Crippen LogP contribution is -2.35. The van der Waals surface area contributed by atoms with E-state index in [1.165, 1.54) is 17.3 Å². The van der Waals surface area contributed by atoms with E-state index in [0.717, 1.165) is 0 Å². The Labute approximate surface area is 147 Å². The number of nitrogens with zero attached hydrogens (tertiary/aromatic N) is 1. The molecule has 0 saturated carbocycles. The fourth-order valence-corrected chi connectivity index (χ4v) is 4.48. The van der Waals surface area contributed by atoms with Gasteiger partial charge in [0, 0.05) is 18.8 Å². The molecule has 2 aromatic rings. The molecule has 0 spiro atoms. The number of anilines is 1. The van der Waals surface area contributed by atoms with E-state index in [2.05, 4.69) is 34.7 Å². The summed E-state index contributed by atoms with van der Waals surface area (Å²) in [5.74, 6) is 0.545. The SMILES string of the molecule is Cc1ccccc1CNc1ccc(C(=O)NC2CCS(=O)(=O)C2)cn1. The highest BCUT2D eigenvalue weighted by Crippen LogP contribution is 2.13. The van der Waals surface area contributed by atoms with Crippen molar-refractivity contribution >= 4 is 21.6 Å². The molecule has 1 aliphatic rings. The third kappa shape index (κ3) is 4.57. The number of hydrogen-bond acceptors (Lipinski definition) is 5. The van der Waals surface area contributed by atoms with Crippen LogP contribution >= 0.6 is 0 Å². The lowest BCUT2D eigenvalue weighted by atomic mass is 10.1. The maximum absolute atomic E-state index is 12.2. The van der Waals surface area contributed by atoms with Crippen LogP contribution in [0.15, 0.2) is 42.6 Å². The molecule has 0 aliphatic carbocycles. The molecule has 2 heterocycles. The minimum atomic E-state index is -3.01. The number of carbonyl (C=O) groups excluding carboxylic acids is 1. The summed E-state index contributed by atoms with van der Waals surface area (Å²) in [6.45, 7) is 2.71. The molecule has 1 amide bonds. The Morgan fingerprint density at radius 3 is 2.68 bits per heavy atom. The van der Waals surface area contributed by atoms with Gasteiger partial charge in [-0.2, -0.15) is 0 Å². The second-order valence-corrected chi connectivity index (χ2v) is 8.51. The molecule has 1 aliphatic heterocycles. The third-order valence-electron chi connectivity index (χ3n) is 4.31. The maximum Gasteiger partial charge on any atom is 0.253 e. The van der Waals surface area contributed by atoms with Crippen molar-refractivity contribution in [2.45, 2.75) is 25.9 Å². The Hall–Kier alpha value is -2.41. The normalized spacial score (nSPS) is 18.7. The minimum Gasteiger partial charge on any atom is -0.366 e. The standard InChI is InChI=1S/C18H21N3O3S/c1-13-4-2-3-5-14(13)10-19-17-7-6-15(11-20-17)18(22)21-16-8-9-25(23,24)12-16/h2-7,11,16H,8-10,12H2,1H3,(H,19,20)(H,21,22). The minimum absolute atomic E-state index is 0.0161. The number of nitrogens with one attached hydrogen (secondary N) is 2. The van der Waals surface area contributed by atoms with Crippen molar-refractivity contribution in [3.63, 3.8) is 0 Å². The van der Waals surface area contributed by atoms with Gasteiger partial charge in [-0.1, -0.05) is 24.3 Å². The zero-order valence-electron chi connectivity index (χ0n) is 14.0. The van der Waals surface area contributed by atoms with Crippen molar-refractivity contribution in [2.24, 2.45) is 0 Å². The highest BCUT2D eigenvalue weighted by molar-refractivity contribution is 7.91. The second-order valence-electron chi connectivity index (χ2n) is 6.29. The number of carbonyl (C=O) groups is 1. The fraction of sp³-hybridized carbons (Fsp3) is 0.333. The average molecular weight is 359 g/mol. The number of aryl methyl sites for hydroxylation is 1. The van der Waals surface area contributed by atoms with E-state index in [1.807, 2.05) is 12.1 Å². The molecule has 0 radical (unpaired) electrons. The van der Waals surface area contributed by atoms with Gasteiger partial charge in [0.25, 0.3) is 5.91 Å². The molecule has 1 aromatic carbocycles. The second kappa shape index (κ2) is 7.23. The van der Waals surface area contributed by atoms with Gasteiger partial charge in [0.15, 0.2) is 9.84 Å². The monoisotopic (exact) mass is 359 g/mol.